The topological polar surface area (TPSA) is 6.48 Å². The van der Waals surface area contributed by atoms with Crippen LogP contribution in [-0.4, -0.2) is 4.90 Å². The Bertz CT molecular complexity index is 686. The van der Waals surface area contributed by atoms with Gasteiger partial charge < -0.3 is 9.80 Å². The van der Waals surface area contributed by atoms with Gasteiger partial charge in [-0.05, 0) is 23.3 Å². The van der Waals surface area contributed by atoms with Crippen LogP contribution in [0.3, 0.4) is 0 Å². The highest BCUT2D eigenvalue weighted by molar-refractivity contribution is 5.78. The van der Waals surface area contributed by atoms with Gasteiger partial charge in [0.1, 0.15) is 0 Å². The zero-order chi connectivity index (χ0) is 13.4. The van der Waals surface area contributed by atoms with Crippen LogP contribution in [-0.2, 0) is 6.54 Å². The van der Waals surface area contributed by atoms with Gasteiger partial charge in [0.05, 0.1) is 11.4 Å². The maximum atomic E-state index is 3.42. The van der Waals surface area contributed by atoms with Crippen LogP contribution in [0.25, 0.3) is 6.08 Å². The molecule has 2 heteroatoms. The molecule has 0 aromatic heterocycles. The zero-order valence-electron chi connectivity index (χ0n) is 11.0. The number of nitrogens with zero attached hydrogens (tertiary/aromatic N) is 2. The van der Waals surface area contributed by atoms with Crippen LogP contribution in [0.5, 0.6) is 0 Å². The highest BCUT2D eigenvalue weighted by atomic mass is 15.4. The first-order chi connectivity index (χ1) is 9.90. The molecule has 20 heavy (non-hydrogen) atoms. The third-order valence-electron chi connectivity index (χ3n) is 3.58. The van der Waals surface area contributed by atoms with Crippen molar-refractivity contribution in [2.24, 2.45) is 0 Å². The van der Waals surface area contributed by atoms with E-state index in [0.717, 1.165) is 6.54 Å². The second-order valence-corrected chi connectivity index (χ2v) is 5.00. The predicted molar refractivity (Wildman–Crippen MR) is 81.3 cm³/mol. The molecule has 2 aliphatic heterocycles. The molecular weight excluding hydrogens is 244 g/mol. The number of hydrogen-bond donors (Lipinski definition) is 0. The quantitative estimate of drug-likeness (QED) is 0.806. The minimum Gasteiger partial charge on any atom is -0.341 e. The van der Waals surface area contributed by atoms with Gasteiger partial charge in [-0.1, -0.05) is 54.6 Å². The molecule has 0 spiro atoms. The van der Waals surface area contributed by atoms with E-state index in [2.05, 4.69) is 83.4 Å². The Labute approximate surface area is 119 Å². The molecule has 0 N–H and O–H groups in total. The van der Waals surface area contributed by atoms with Gasteiger partial charge in [-0.15, -0.1) is 0 Å². The van der Waals surface area contributed by atoms with E-state index in [0.29, 0.717) is 0 Å². The van der Waals surface area contributed by atoms with Crippen molar-refractivity contribution in [2.75, 3.05) is 4.90 Å². The predicted octanol–water partition coefficient (Wildman–Crippen LogP) is 3.87. The van der Waals surface area contributed by atoms with Crippen LogP contribution >= 0.6 is 0 Å². The number of allylic oxidation sites excluding steroid dienone is 1. The fraction of sp³-hybridized carbons (Fsp3) is 0.0556. The van der Waals surface area contributed by atoms with Crippen molar-refractivity contribution in [3.63, 3.8) is 0 Å². The Hall–Kier alpha value is -2.48. The summed E-state index contributed by atoms with van der Waals surface area (Å²) in [6.45, 7) is 4.26. The van der Waals surface area contributed by atoms with Gasteiger partial charge in [0.15, 0.2) is 0 Å². The molecule has 2 heterocycles. The summed E-state index contributed by atoms with van der Waals surface area (Å²) in [6, 6.07) is 18.9. The molecule has 0 unspecified atom stereocenters. The molecule has 0 fully saturated rings. The van der Waals surface area contributed by atoms with Crippen molar-refractivity contribution >= 4 is 11.8 Å². The largest absolute Gasteiger partial charge is 0.341 e. The highest BCUT2D eigenvalue weighted by Gasteiger charge is 2.26. The zero-order valence-corrected chi connectivity index (χ0v) is 11.0. The molecule has 2 aromatic carbocycles. The summed E-state index contributed by atoms with van der Waals surface area (Å²) in [4.78, 5) is 4.23. The molecule has 0 saturated carbocycles. The average Bonchev–Trinajstić information content (AvgIpc) is 2.91. The number of hydrogen-bond acceptors (Lipinski definition) is 2. The van der Waals surface area contributed by atoms with E-state index in [-0.39, 0.29) is 0 Å². The van der Waals surface area contributed by atoms with Crippen molar-refractivity contribution in [1.82, 2.24) is 4.90 Å². The van der Waals surface area contributed by atoms with Crippen LogP contribution in [0.4, 0.5) is 5.69 Å². The summed E-state index contributed by atoms with van der Waals surface area (Å²) in [5.41, 5.74) is 4.88. The number of para-hydroxylation sites is 1. The minimum atomic E-state index is 0.844. The second kappa shape index (κ2) is 4.57. The lowest BCUT2D eigenvalue weighted by Crippen LogP contribution is -2.22. The summed E-state index contributed by atoms with van der Waals surface area (Å²) >= 11 is 0. The van der Waals surface area contributed by atoms with Crippen molar-refractivity contribution in [3.8, 4) is 0 Å². The Balaban J connectivity index is 1.60. The van der Waals surface area contributed by atoms with E-state index in [1.54, 1.807) is 0 Å². The molecule has 2 nitrogen and oxygen atoms in total. The molecule has 0 bridgehead atoms. The number of rotatable bonds is 2. The first kappa shape index (κ1) is 11.4. The molecular formula is C18H14N2. The maximum absolute atomic E-state index is 3.42. The van der Waals surface area contributed by atoms with Gasteiger partial charge in [0.2, 0.25) is 6.67 Å². The van der Waals surface area contributed by atoms with Gasteiger partial charge >= 0.3 is 0 Å². The summed E-state index contributed by atoms with van der Waals surface area (Å²) in [5, 5.41) is 0. The van der Waals surface area contributed by atoms with Gasteiger partial charge in [-0.2, -0.15) is 0 Å². The van der Waals surface area contributed by atoms with Gasteiger partial charge in [-0.3, -0.25) is 0 Å². The SMILES string of the molecule is [C]1N(Cc2ccccc2)C=C2C=Cc3ccccc3N12. The summed E-state index contributed by atoms with van der Waals surface area (Å²) in [5.74, 6) is 0. The number of benzene rings is 2. The van der Waals surface area contributed by atoms with E-state index in [4.69, 9.17) is 0 Å². The fourth-order valence-electron chi connectivity index (χ4n) is 2.61. The Morgan fingerprint density at radius 1 is 0.850 bits per heavy atom. The normalized spacial score (nSPS) is 15.9. The first-order valence-corrected chi connectivity index (χ1v) is 6.76. The van der Waals surface area contributed by atoms with Crippen molar-refractivity contribution in [2.45, 2.75) is 6.54 Å². The lowest BCUT2D eigenvalue weighted by atomic mass is 10.1. The van der Waals surface area contributed by atoms with Gasteiger partial charge in [-0.25, -0.2) is 0 Å². The lowest BCUT2D eigenvalue weighted by molar-refractivity contribution is 0.463. The molecule has 4 rings (SSSR count). The minimum absolute atomic E-state index is 0.844. The Morgan fingerprint density at radius 3 is 2.55 bits per heavy atom. The number of anilines is 1. The number of fused-ring (bicyclic) bond motifs is 3. The molecule has 0 atom stereocenters. The summed E-state index contributed by atoms with van der Waals surface area (Å²) in [7, 11) is 0. The van der Waals surface area contributed by atoms with Crippen molar-refractivity contribution < 1.29 is 0 Å². The van der Waals surface area contributed by atoms with Crippen LogP contribution in [0.2, 0.25) is 0 Å². The maximum Gasteiger partial charge on any atom is 0.213 e. The summed E-state index contributed by atoms with van der Waals surface area (Å²) < 4.78 is 0. The molecule has 2 radical (unpaired) electrons. The third-order valence-corrected chi connectivity index (χ3v) is 3.58. The molecule has 2 aromatic rings. The fourth-order valence-corrected chi connectivity index (χ4v) is 2.61. The van der Waals surface area contributed by atoms with Crippen molar-refractivity contribution in [3.05, 3.63) is 90.4 Å². The third kappa shape index (κ3) is 1.90. The van der Waals surface area contributed by atoms with Crippen LogP contribution < -0.4 is 4.90 Å². The van der Waals surface area contributed by atoms with E-state index < -0.39 is 0 Å². The van der Waals surface area contributed by atoms with E-state index >= 15 is 0 Å². The van der Waals surface area contributed by atoms with Crippen molar-refractivity contribution in [1.29, 1.82) is 0 Å². The van der Waals surface area contributed by atoms with Gasteiger partial charge in [0, 0.05) is 12.7 Å². The van der Waals surface area contributed by atoms with E-state index in [1.807, 2.05) is 6.07 Å². The van der Waals surface area contributed by atoms with E-state index in [9.17, 15) is 0 Å². The lowest BCUT2D eigenvalue weighted by Gasteiger charge is -2.25. The molecule has 0 saturated heterocycles. The standard InChI is InChI=1S/C18H14N2/c1-2-6-15(7-3-1)12-19-13-17-11-10-16-8-4-5-9-18(16)20(17)14-19/h1-11,13H,12H2. The van der Waals surface area contributed by atoms with E-state index in [1.165, 1.54) is 22.5 Å². The molecule has 2 aliphatic rings. The van der Waals surface area contributed by atoms with Crippen LogP contribution in [0.15, 0.2) is 72.6 Å². The summed E-state index contributed by atoms with van der Waals surface area (Å²) in [6.07, 6.45) is 6.44. The second-order valence-electron chi connectivity index (χ2n) is 5.00. The van der Waals surface area contributed by atoms with Crippen LogP contribution in [0, 0.1) is 6.67 Å². The average molecular weight is 258 g/mol. The smallest absolute Gasteiger partial charge is 0.213 e. The molecule has 0 aliphatic carbocycles. The van der Waals surface area contributed by atoms with Gasteiger partial charge in [0.25, 0.3) is 0 Å². The highest BCUT2D eigenvalue weighted by Crippen LogP contribution is 2.36. The Morgan fingerprint density at radius 2 is 1.65 bits per heavy atom. The first-order valence-electron chi connectivity index (χ1n) is 6.76. The Kier molecular flexibility index (Phi) is 2.59. The monoisotopic (exact) mass is 258 g/mol. The molecule has 0 amide bonds. The van der Waals surface area contributed by atoms with Crippen LogP contribution in [0.1, 0.15) is 11.1 Å². The molecule has 96 valence electrons.